The van der Waals surface area contributed by atoms with Crippen LogP contribution >= 0.6 is 0 Å². The Balaban J connectivity index is 1.14. The first-order valence-electron chi connectivity index (χ1n) is 17.0. The Kier molecular flexibility index (Phi) is 6.84. The summed E-state index contributed by atoms with van der Waals surface area (Å²) in [5, 5.41) is 5.01. The molecule has 0 spiro atoms. The molecule has 8 aromatic rings. The first-order valence-corrected chi connectivity index (χ1v) is 17.0. The summed E-state index contributed by atoms with van der Waals surface area (Å²) in [5.41, 5.74) is 16.1. The Hall–Kier alpha value is -6.12. The molecule has 0 saturated carbocycles. The molecule has 0 aliphatic heterocycles. The summed E-state index contributed by atoms with van der Waals surface area (Å²) in [7, 11) is 0. The highest BCUT2D eigenvalue weighted by atomic mass is 15.1. The summed E-state index contributed by atoms with van der Waals surface area (Å²) < 4.78 is 0. The molecule has 0 N–H and O–H groups in total. The molecule has 0 bridgehead atoms. The highest BCUT2D eigenvalue weighted by molar-refractivity contribution is 6.12. The highest BCUT2D eigenvalue weighted by Gasteiger charge is 2.25. The fraction of sp³-hybridized carbons (Fsp3) is 0.0638. The number of anilines is 6. The monoisotopic (exact) mass is 628 g/mol. The van der Waals surface area contributed by atoms with Crippen LogP contribution in [-0.2, 0) is 0 Å². The smallest absolute Gasteiger partial charge is 0.0519 e. The second-order valence-electron chi connectivity index (χ2n) is 13.2. The van der Waals surface area contributed by atoms with Crippen LogP contribution in [0.2, 0.25) is 0 Å². The molecule has 0 fully saturated rings. The third-order valence-corrected chi connectivity index (χ3v) is 10.1. The summed E-state index contributed by atoms with van der Waals surface area (Å²) in [6.07, 6.45) is 0. The van der Waals surface area contributed by atoms with Crippen molar-refractivity contribution in [1.82, 2.24) is 0 Å². The standard InChI is InChI=1S/C47H36N2/c1-31-13-10-11-20-46(31)48(38-16-6-4-7-17-38)40-23-21-34-27-42-43-28-35-22-24-41(26-37(35)30-45(43)44(42)29-36(34)25-40)49(39-18-8-5-9-19-39)47-32(2)14-12-15-33(47)3/h4-30H,1-3H3. The molecule has 0 amide bonds. The van der Waals surface area contributed by atoms with Gasteiger partial charge < -0.3 is 9.80 Å². The van der Waals surface area contributed by atoms with Crippen LogP contribution in [0.1, 0.15) is 16.7 Å². The molecule has 49 heavy (non-hydrogen) atoms. The third kappa shape index (κ3) is 4.88. The summed E-state index contributed by atoms with van der Waals surface area (Å²) in [6, 6.07) is 59.8. The normalized spacial score (nSPS) is 11.6. The fourth-order valence-corrected chi connectivity index (χ4v) is 7.64. The Labute approximate surface area is 288 Å². The Bertz CT molecular complexity index is 2510. The molecule has 0 unspecified atom stereocenters. The van der Waals surface area contributed by atoms with Gasteiger partial charge >= 0.3 is 0 Å². The van der Waals surface area contributed by atoms with Crippen LogP contribution in [0.25, 0.3) is 43.8 Å². The van der Waals surface area contributed by atoms with E-state index in [1.807, 2.05) is 0 Å². The van der Waals surface area contributed by atoms with Crippen LogP contribution in [0.15, 0.2) is 164 Å². The van der Waals surface area contributed by atoms with Gasteiger partial charge in [0.2, 0.25) is 0 Å². The second kappa shape index (κ2) is 11.5. The van der Waals surface area contributed by atoms with Gasteiger partial charge in [-0.05, 0) is 160 Å². The lowest BCUT2D eigenvalue weighted by molar-refractivity contribution is 1.22. The minimum atomic E-state index is 1.15. The largest absolute Gasteiger partial charge is 0.310 e. The van der Waals surface area contributed by atoms with E-state index in [0.717, 1.165) is 22.7 Å². The first-order chi connectivity index (χ1) is 24.0. The van der Waals surface area contributed by atoms with Crippen LogP contribution in [0.5, 0.6) is 0 Å². The summed E-state index contributed by atoms with van der Waals surface area (Å²) in [6.45, 7) is 6.59. The second-order valence-corrected chi connectivity index (χ2v) is 13.2. The van der Waals surface area contributed by atoms with Gasteiger partial charge in [-0.15, -0.1) is 0 Å². The molecule has 0 aromatic heterocycles. The van der Waals surface area contributed by atoms with Crippen LogP contribution in [0.4, 0.5) is 34.1 Å². The van der Waals surface area contributed by atoms with Gasteiger partial charge in [-0.25, -0.2) is 0 Å². The molecular weight excluding hydrogens is 593 g/mol. The number of nitrogens with zero attached hydrogens (tertiary/aromatic N) is 2. The molecule has 1 aliphatic carbocycles. The predicted octanol–water partition coefficient (Wildman–Crippen LogP) is 13.5. The zero-order valence-corrected chi connectivity index (χ0v) is 28.0. The molecule has 234 valence electrons. The lowest BCUT2D eigenvalue weighted by Gasteiger charge is -2.30. The van der Waals surface area contributed by atoms with E-state index in [4.69, 9.17) is 0 Å². The quantitative estimate of drug-likeness (QED) is 0.181. The van der Waals surface area contributed by atoms with E-state index in [0.29, 0.717) is 0 Å². The molecule has 0 saturated heterocycles. The Morgan fingerprint density at radius 1 is 0.306 bits per heavy atom. The van der Waals surface area contributed by atoms with E-state index in [1.165, 1.54) is 71.9 Å². The van der Waals surface area contributed by atoms with Gasteiger partial charge in [-0.2, -0.15) is 0 Å². The van der Waals surface area contributed by atoms with E-state index < -0.39 is 0 Å². The number of aryl methyl sites for hydroxylation is 3. The van der Waals surface area contributed by atoms with E-state index in [9.17, 15) is 0 Å². The van der Waals surface area contributed by atoms with Crippen molar-refractivity contribution < 1.29 is 0 Å². The van der Waals surface area contributed by atoms with E-state index >= 15 is 0 Å². The molecule has 0 atom stereocenters. The van der Waals surface area contributed by atoms with Crippen molar-refractivity contribution >= 4 is 55.7 Å². The number of fused-ring (bicyclic) bond motifs is 6. The van der Waals surface area contributed by atoms with Crippen LogP contribution in [-0.4, -0.2) is 0 Å². The van der Waals surface area contributed by atoms with Crippen LogP contribution in [0, 0.1) is 20.8 Å². The topological polar surface area (TPSA) is 6.48 Å². The first kappa shape index (κ1) is 29.1. The molecule has 2 heteroatoms. The molecule has 1 aliphatic rings. The summed E-state index contributed by atoms with van der Waals surface area (Å²) >= 11 is 0. The van der Waals surface area contributed by atoms with Crippen molar-refractivity contribution in [2.75, 3.05) is 9.80 Å². The van der Waals surface area contributed by atoms with Crippen molar-refractivity contribution in [3.05, 3.63) is 180 Å². The summed E-state index contributed by atoms with van der Waals surface area (Å²) in [5.74, 6) is 0. The maximum Gasteiger partial charge on any atom is 0.0519 e. The van der Waals surface area contributed by atoms with Crippen molar-refractivity contribution in [1.29, 1.82) is 0 Å². The SMILES string of the molecule is Cc1ccccc1N(c1ccccc1)c1ccc2cc3c(cc2c1)-c1cc2cc(N(c4ccccc4)c4c(C)cccc4C)ccc2cc1-3. The van der Waals surface area contributed by atoms with Gasteiger partial charge in [0.1, 0.15) is 0 Å². The van der Waals surface area contributed by atoms with Crippen molar-refractivity contribution in [2.24, 2.45) is 0 Å². The van der Waals surface area contributed by atoms with Crippen molar-refractivity contribution in [3.8, 4) is 22.3 Å². The number of hydrogen-bond acceptors (Lipinski definition) is 2. The maximum absolute atomic E-state index is 2.40. The van der Waals surface area contributed by atoms with Crippen LogP contribution < -0.4 is 9.80 Å². The summed E-state index contributed by atoms with van der Waals surface area (Å²) in [4.78, 5) is 4.77. The minimum Gasteiger partial charge on any atom is -0.310 e. The molecular formula is C47H36N2. The molecule has 8 aromatic carbocycles. The van der Waals surface area contributed by atoms with E-state index in [-0.39, 0.29) is 0 Å². The number of benzene rings is 8. The van der Waals surface area contributed by atoms with Gasteiger partial charge in [0, 0.05) is 28.4 Å². The number of hydrogen-bond donors (Lipinski definition) is 0. The van der Waals surface area contributed by atoms with Gasteiger partial charge in [0.15, 0.2) is 0 Å². The Morgan fingerprint density at radius 3 is 1.27 bits per heavy atom. The molecule has 0 radical (unpaired) electrons. The van der Waals surface area contributed by atoms with Gasteiger partial charge in [-0.1, -0.05) is 84.9 Å². The van der Waals surface area contributed by atoms with Crippen molar-refractivity contribution in [2.45, 2.75) is 20.8 Å². The zero-order valence-electron chi connectivity index (χ0n) is 28.0. The zero-order chi connectivity index (χ0) is 33.1. The molecule has 0 heterocycles. The van der Waals surface area contributed by atoms with Crippen molar-refractivity contribution in [3.63, 3.8) is 0 Å². The van der Waals surface area contributed by atoms with Gasteiger partial charge in [-0.3, -0.25) is 0 Å². The van der Waals surface area contributed by atoms with Crippen LogP contribution in [0.3, 0.4) is 0 Å². The van der Waals surface area contributed by atoms with Gasteiger partial charge in [0.25, 0.3) is 0 Å². The Morgan fingerprint density at radius 2 is 0.735 bits per heavy atom. The maximum atomic E-state index is 2.40. The molecule has 9 rings (SSSR count). The number of rotatable bonds is 6. The lowest BCUT2D eigenvalue weighted by atomic mass is 9.78. The third-order valence-electron chi connectivity index (χ3n) is 10.1. The minimum absolute atomic E-state index is 1.15. The van der Waals surface area contributed by atoms with E-state index in [1.54, 1.807) is 0 Å². The average molecular weight is 629 g/mol. The van der Waals surface area contributed by atoms with E-state index in [2.05, 4.69) is 194 Å². The fourth-order valence-electron chi connectivity index (χ4n) is 7.64. The lowest BCUT2D eigenvalue weighted by Crippen LogP contribution is -2.12. The van der Waals surface area contributed by atoms with Gasteiger partial charge in [0.05, 0.1) is 5.69 Å². The molecule has 2 nitrogen and oxygen atoms in total. The average Bonchev–Trinajstić information content (AvgIpc) is 3.13. The predicted molar refractivity (Wildman–Crippen MR) is 209 cm³/mol. The number of para-hydroxylation sites is 4. The highest BCUT2D eigenvalue weighted by Crippen LogP contribution is 2.51.